The van der Waals surface area contributed by atoms with E-state index >= 15 is 0 Å². The Morgan fingerprint density at radius 1 is 0.808 bits per heavy atom. The fourth-order valence-electron chi connectivity index (χ4n) is 2.09. The van der Waals surface area contributed by atoms with Crippen LogP contribution in [0.25, 0.3) is 6.08 Å². The molecular weight excluding hydrogens is 332 g/mol. The van der Waals surface area contributed by atoms with Crippen LogP contribution >= 0.6 is 0 Å². The number of rotatable bonds is 13. The van der Waals surface area contributed by atoms with Gasteiger partial charge >= 0.3 is 5.97 Å². The zero-order valence-corrected chi connectivity index (χ0v) is 16.5. The first-order valence-corrected chi connectivity index (χ1v) is 9.57. The largest absolute Gasteiger partial charge is 0.490 e. The van der Waals surface area contributed by atoms with Gasteiger partial charge in [0.2, 0.25) is 5.75 Å². The number of carbonyl (C=O) groups is 1. The van der Waals surface area contributed by atoms with Gasteiger partial charge in [0, 0.05) is 6.08 Å². The molecule has 0 aromatic heterocycles. The van der Waals surface area contributed by atoms with E-state index < -0.39 is 0 Å². The molecule has 0 spiro atoms. The monoisotopic (exact) mass is 364 g/mol. The van der Waals surface area contributed by atoms with Gasteiger partial charge in [0.05, 0.1) is 26.4 Å². The third-order valence-corrected chi connectivity index (χ3v) is 3.28. The molecule has 5 nitrogen and oxygen atoms in total. The summed E-state index contributed by atoms with van der Waals surface area (Å²) >= 11 is 0. The molecule has 1 rings (SSSR count). The van der Waals surface area contributed by atoms with Crippen LogP contribution in [0.4, 0.5) is 0 Å². The fraction of sp³-hybridized carbons (Fsp3) is 0.571. The Labute approximate surface area is 157 Å². The average molecular weight is 364 g/mol. The lowest BCUT2D eigenvalue weighted by Gasteiger charge is -2.17. The summed E-state index contributed by atoms with van der Waals surface area (Å²) in [5.74, 6) is 1.54. The molecule has 0 radical (unpaired) electrons. The maximum Gasteiger partial charge on any atom is 0.330 e. The van der Waals surface area contributed by atoms with Crippen molar-refractivity contribution in [3.8, 4) is 17.2 Å². The summed E-state index contributed by atoms with van der Waals surface area (Å²) in [7, 11) is 0. The van der Waals surface area contributed by atoms with E-state index in [1.54, 1.807) is 6.08 Å². The molecule has 5 heteroatoms. The summed E-state index contributed by atoms with van der Waals surface area (Å²) in [6.45, 7) is 10.3. The van der Waals surface area contributed by atoms with Crippen molar-refractivity contribution >= 4 is 12.0 Å². The number of esters is 1. The third-order valence-electron chi connectivity index (χ3n) is 3.28. The molecule has 0 amide bonds. The van der Waals surface area contributed by atoms with Crippen LogP contribution in [-0.2, 0) is 9.53 Å². The molecule has 0 aliphatic rings. The van der Waals surface area contributed by atoms with Crippen molar-refractivity contribution in [1.82, 2.24) is 0 Å². The number of ether oxygens (including phenoxy) is 4. The second kappa shape index (κ2) is 13.1. The van der Waals surface area contributed by atoms with Crippen molar-refractivity contribution < 1.29 is 23.7 Å². The van der Waals surface area contributed by atoms with Gasteiger partial charge in [-0.15, -0.1) is 0 Å². The van der Waals surface area contributed by atoms with Gasteiger partial charge in [0.15, 0.2) is 11.5 Å². The molecule has 0 heterocycles. The van der Waals surface area contributed by atoms with Gasteiger partial charge in [0.25, 0.3) is 0 Å². The van der Waals surface area contributed by atoms with E-state index in [1.165, 1.54) is 6.08 Å². The summed E-state index contributed by atoms with van der Waals surface area (Å²) in [5, 5.41) is 0. The SMILES string of the molecule is CCCOC(=O)C=Cc1cc(OCCC)c(OCCC)c(OCCC)c1. The second-order valence-corrected chi connectivity index (χ2v) is 5.89. The van der Waals surface area contributed by atoms with Crippen LogP contribution in [0.15, 0.2) is 18.2 Å². The molecule has 26 heavy (non-hydrogen) atoms. The van der Waals surface area contributed by atoms with Crippen LogP contribution in [0, 0.1) is 0 Å². The van der Waals surface area contributed by atoms with Gasteiger partial charge < -0.3 is 18.9 Å². The zero-order valence-electron chi connectivity index (χ0n) is 16.5. The summed E-state index contributed by atoms with van der Waals surface area (Å²) in [6, 6.07) is 3.73. The predicted octanol–water partition coefficient (Wildman–Crippen LogP) is 5.02. The average Bonchev–Trinajstić information content (AvgIpc) is 2.66. The second-order valence-electron chi connectivity index (χ2n) is 5.89. The van der Waals surface area contributed by atoms with Crippen molar-refractivity contribution in [3.63, 3.8) is 0 Å². The van der Waals surface area contributed by atoms with E-state index in [9.17, 15) is 4.79 Å². The molecule has 0 unspecified atom stereocenters. The van der Waals surface area contributed by atoms with Crippen LogP contribution < -0.4 is 14.2 Å². The molecule has 0 bridgehead atoms. The van der Waals surface area contributed by atoms with Gasteiger partial charge in [-0.1, -0.05) is 27.7 Å². The third kappa shape index (κ3) is 7.81. The summed E-state index contributed by atoms with van der Waals surface area (Å²) in [4.78, 5) is 11.7. The molecule has 0 N–H and O–H groups in total. The standard InChI is InChI=1S/C21H32O5/c1-5-11-23-18-15-17(9-10-20(22)25-13-7-3)16-19(24-12-6-2)21(18)26-14-8-4/h9-10,15-16H,5-8,11-14H2,1-4H3. The summed E-state index contributed by atoms with van der Waals surface area (Å²) < 4.78 is 22.7. The smallest absolute Gasteiger partial charge is 0.330 e. The number of carbonyl (C=O) groups excluding carboxylic acids is 1. The Kier molecular flexibility index (Phi) is 11.0. The molecule has 0 saturated carbocycles. The molecule has 0 aliphatic carbocycles. The van der Waals surface area contributed by atoms with Crippen LogP contribution in [0.2, 0.25) is 0 Å². The summed E-state index contributed by atoms with van der Waals surface area (Å²) in [5.41, 5.74) is 0.805. The predicted molar refractivity (Wildman–Crippen MR) is 104 cm³/mol. The lowest BCUT2D eigenvalue weighted by Crippen LogP contribution is -2.05. The zero-order chi connectivity index (χ0) is 19.2. The Balaban J connectivity index is 3.12. The first kappa shape index (κ1) is 21.9. The maximum atomic E-state index is 11.7. The molecule has 0 saturated heterocycles. The quantitative estimate of drug-likeness (QED) is 0.363. The first-order chi connectivity index (χ1) is 12.7. The molecule has 1 aromatic rings. The van der Waals surface area contributed by atoms with E-state index in [-0.39, 0.29) is 5.97 Å². The van der Waals surface area contributed by atoms with Gasteiger partial charge in [-0.05, 0) is 49.5 Å². The van der Waals surface area contributed by atoms with Gasteiger partial charge in [-0.2, -0.15) is 0 Å². The van der Waals surface area contributed by atoms with Crippen LogP contribution in [0.1, 0.15) is 58.9 Å². The highest BCUT2D eigenvalue weighted by Gasteiger charge is 2.15. The lowest BCUT2D eigenvalue weighted by atomic mass is 10.1. The van der Waals surface area contributed by atoms with Gasteiger partial charge in [-0.25, -0.2) is 4.79 Å². The normalized spacial score (nSPS) is 10.8. The van der Waals surface area contributed by atoms with E-state index in [0.29, 0.717) is 43.7 Å². The Bertz CT molecular complexity index is 537. The molecule has 1 aromatic carbocycles. The maximum absolute atomic E-state index is 11.7. The van der Waals surface area contributed by atoms with Crippen LogP contribution in [0.5, 0.6) is 17.2 Å². The highest BCUT2D eigenvalue weighted by Crippen LogP contribution is 2.39. The molecule has 0 atom stereocenters. The van der Waals surface area contributed by atoms with Crippen molar-refractivity contribution in [1.29, 1.82) is 0 Å². The van der Waals surface area contributed by atoms with Gasteiger partial charge in [0.1, 0.15) is 0 Å². The van der Waals surface area contributed by atoms with Crippen molar-refractivity contribution in [2.24, 2.45) is 0 Å². The molecule has 0 fully saturated rings. The van der Waals surface area contributed by atoms with E-state index in [2.05, 4.69) is 20.8 Å². The molecule has 146 valence electrons. The summed E-state index contributed by atoms with van der Waals surface area (Å²) in [6.07, 6.45) is 6.60. The van der Waals surface area contributed by atoms with Gasteiger partial charge in [-0.3, -0.25) is 0 Å². The first-order valence-electron chi connectivity index (χ1n) is 9.57. The minimum absolute atomic E-state index is 0.356. The van der Waals surface area contributed by atoms with E-state index in [1.807, 2.05) is 19.1 Å². The topological polar surface area (TPSA) is 54.0 Å². The van der Waals surface area contributed by atoms with E-state index in [0.717, 1.165) is 31.2 Å². The Hall–Kier alpha value is -2.17. The van der Waals surface area contributed by atoms with E-state index in [4.69, 9.17) is 18.9 Å². The highest BCUT2D eigenvalue weighted by atomic mass is 16.5. The Morgan fingerprint density at radius 2 is 1.31 bits per heavy atom. The highest BCUT2D eigenvalue weighted by molar-refractivity contribution is 5.87. The number of hydrogen-bond donors (Lipinski definition) is 0. The Morgan fingerprint density at radius 3 is 1.81 bits per heavy atom. The van der Waals surface area contributed by atoms with Crippen molar-refractivity contribution in [2.45, 2.75) is 53.4 Å². The minimum atomic E-state index is -0.356. The minimum Gasteiger partial charge on any atom is -0.490 e. The number of hydrogen-bond acceptors (Lipinski definition) is 5. The lowest BCUT2D eigenvalue weighted by molar-refractivity contribution is -0.137. The fourth-order valence-corrected chi connectivity index (χ4v) is 2.09. The molecular formula is C21H32O5. The van der Waals surface area contributed by atoms with Crippen molar-refractivity contribution in [3.05, 3.63) is 23.8 Å². The van der Waals surface area contributed by atoms with Crippen LogP contribution in [0.3, 0.4) is 0 Å². The number of benzene rings is 1. The van der Waals surface area contributed by atoms with Crippen LogP contribution in [-0.4, -0.2) is 32.4 Å². The molecule has 0 aliphatic heterocycles. The van der Waals surface area contributed by atoms with Crippen molar-refractivity contribution in [2.75, 3.05) is 26.4 Å².